The topological polar surface area (TPSA) is 66.8 Å². The van der Waals surface area contributed by atoms with E-state index >= 15 is 0 Å². The summed E-state index contributed by atoms with van der Waals surface area (Å²) >= 11 is 0. The zero-order valence-corrected chi connectivity index (χ0v) is 4.94. The first kappa shape index (κ1) is 6.51. The van der Waals surface area contributed by atoms with Crippen molar-refractivity contribution in [2.24, 2.45) is 5.92 Å². The van der Waals surface area contributed by atoms with Crippen molar-refractivity contribution in [1.29, 1.82) is 0 Å². The number of carbonyl (C=O) groups excluding carboxylic acids is 1. The standard InChI is InChI=1S/C5H8O4/c1-2-3(6)5(8)9-4(2)7/h2-3,5-6,8H,1H3. The third kappa shape index (κ3) is 0.906. The Morgan fingerprint density at radius 3 is 2.22 bits per heavy atom. The van der Waals surface area contributed by atoms with Crippen LogP contribution in [0.3, 0.4) is 0 Å². The molecule has 4 heteroatoms. The van der Waals surface area contributed by atoms with Crippen LogP contribution in [0.1, 0.15) is 6.92 Å². The second-order valence-electron chi connectivity index (χ2n) is 2.11. The molecule has 2 N–H and O–H groups in total. The summed E-state index contributed by atoms with van der Waals surface area (Å²) < 4.78 is 4.25. The molecule has 0 radical (unpaired) electrons. The lowest BCUT2D eigenvalue weighted by atomic mass is 10.1. The summed E-state index contributed by atoms with van der Waals surface area (Å²) in [5.74, 6) is -1.14. The summed E-state index contributed by atoms with van der Waals surface area (Å²) in [4.78, 5) is 10.5. The van der Waals surface area contributed by atoms with Crippen LogP contribution in [0.5, 0.6) is 0 Å². The average Bonchev–Trinajstić information content (AvgIpc) is 1.98. The highest BCUT2D eigenvalue weighted by atomic mass is 16.7. The van der Waals surface area contributed by atoms with Crippen molar-refractivity contribution >= 4 is 5.97 Å². The molecule has 0 aromatic carbocycles. The predicted molar refractivity (Wildman–Crippen MR) is 27.3 cm³/mol. The molecule has 0 spiro atoms. The number of aliphatic hydroxyl groups excluding tert-OH is 2. The zero-order chi connectivity index (χ0) is 7.02. The number of aliphatic hydroxyl groups is 2. The molecule has 1 heterocycles. The maximum absolute atomic E-state index is 10.5. The molecule has 0 aromatic rings. The summed E-state index contributed by atoms with van der Waals surface area (Å²) in [6.07, 6.45) is -2.38. The van der Waals surface area contributed by atoms with Crippen LogP contribution in [0.15, 0.2) is 0 Å². The van der Waals surface area contributed by atoms with Gasteiger partial charge in [-0.15, -0.1) is 0 Å². The van der Waals surface area contributed by atoms with Gasteiger partial charge in [0.15, 0.2) is 0 Å². The smallest absolute Gasteiger partial charge is 0.313 e. The van der Waals surface area contributed by atoms with Crippen LogP contribution in [0.4, 0.5) is 0 Å². The maximum Gasteiger partial charge on any atom is 0.313 e. The van der Waals surface area contributed by atoms with E-state index in [1.54, 1.807) is 0 Å². The van der Waals surface area contributed by atoms with E-state index in [0.717, 1.165) is 0 Å². The molecule has 1 aliphatic heterocycles. The minimum Gasteiger partial charge on any atom is -0.433 e. The minimum atomic E-state index is -1.33. The molecule has 0 amide bonds. The van der Waals surface area contributed by atoms with Crippen LogP contribution >= 0.6 is 0 Å². The first-order chi connectivity index (χ1) is 4.13. The molecule has 0 aromatic heterocycles. The fourth-order valence-corrected chi connectivity index (χ4v) is 0.682. The first-order valence-electron chi connectivity index (χ1n) is 2.69. The van der Waals surface area contributed by atoms with E-state index in [1.165, 1.54) is 6.92 Å². The Bertz CT molecular complexity index is 133. The lowest BCUT2D eigenvalue weighted by Gasteiger charge is -2.04. The van der Waals surface area contributed by atoms with Gasteiger partial charge in [-0.2, -0.15) is 0 Å². The van der Waals surface area contributed by atoms with Gasteiger partial charge in [-0.25, -0.2) is 0 Å². The van der Waals surface area contributed by atoms with Gasteiger partial charge in [-0.3, -0.25) is 4.79 Å². The summed E-state index contributed by atoms with van der Waals surface area (Å²) in [6, 6.07) is 0. The molecule has 3 atom stereocenters. The second-order valence-corrected chi connectivity index (χ2v) is 2.11. The SMILES string of the molecule is CC1C(=O)OC(O)C1O. The van der Waals surface area contributed by atoms with Crippen LogP contribution in [0.2, 0.25) is 0 Å². The Hall–Kier alpha value is -0.610. The molecule has 0 bridgehead atoms. The van der Waals surface area contributed by atoms with Crippen LogP contribution in [-0.2, 0) is 9.53 Å². The Balaban J connectivity index is 2.65. The van der Waals surface area contributed by atoms with Crippen molar-refractivity contribution in [2.75, 3.05) is 0 Å². The van der Waals surface area contributed by atoms with E-state index in [0.29, 0.717) is 0 Å². The second kappa shape index (κ2) is 1.97. The quantitative estimate of drug-likeness (QED) is 0.409. The van der Waals surface area contributed by atoms with Gasteiger partial charge in [0.2, 0.25) is 6.29 Å². The lowest BCUT2D eigenvalue weighted by Crippen LogP contribution is -2.24. The number of cyclic esters (lactones) is 1. The third-order valence-corrected chi connectivity index (χ3v) is 1.41. The highest BCUT2D eigenvalue weighted by molar-refractivity contribution is 5.74. The molecule has 1 fully saturated rings. The number of carbonyl (C=O) groups is 1. The molecule has 1 saturated heterocycles. The van der Waals surface area contributed by atoms with E-state index in [-0.39, 0.29) is 0 Å². The Morgan fingerprint density at radius 2 is 2.11 bits per heavy atom. The van der Waals surface area contributed by atoms with Crippen molar-refractivity contribution in [3.8, 4) is 0 Å². The molecule has 9 heavy (non-hydrogen) atoms. The summed E-state index contributed by atoms with van der Waals surface area (Å²) in [5, 5.41) is 17.5. The number of hydrogen-bond acceptors (Lipinski definition) is 4. The fourth-order valence-electron chi connectivity index (χ4n) is 0.682. The van der Waals surface area contributed by atoms with Gasteiger partial charge in [0.1, 0.15) is 6.10 Å². The summed E-state index contributed by atoms with van der Waals surface area (Å²) in [6.45, 7) is 1.50. The van der Waals surface area contributed by atoms with Gasteiger partial charge in [-0.1, -0.05) is 0 Å². The van der Waals surface area contributed by atoms with Gasteiger partial charge in [0, 0.05) is 0 Å². The van der Waals surface area contributed by atoms with Crippen molar-refractivity contribution in [3.63, 3.8) is 0 Å². The van der Waals surface area contributed by atoms with Crippen molar-refractivity contribution < 1.29 is 19.7 Å². The van der Waals surface area contributed by atoms with Crippen LogP contribution in [0, 0.1) is 5.92 Å². The first-order valence-corrected chi connectivity index (χ1v) is 2.69. The van der Waals surface area contributed by atoms with Crippen LogP contribution in [-0.4, -0.2) is 28.6 Å². The predicted octanol–water partition coefficient (Wildman–Crippen LogP) is -1.14. The van der Waals surface area contributed by atoms with Crippen LogP contribution in [0.25, 0.3) is 0 Å². The Labute approximate surface area is 52.1 Å². The number of esters is 1. The minimum absolute atomic E-state index is 0.546. The molecule has 4 nitrogen and oxygen atoms in total. The Kier molecular flexibility index (Phi) is 1.42. The Morgan fingerprint density at radius 1 is 1.56 bits per heavy atom. The lowest BCUT2D eigenvalue weighted by molar-refractivity contribution is -0.159. The van der Waals surface area contributed by atoms with Gasteiger partial charge < -0.3 is 14.9 Å². The third-order valence-electron chi connectivity index (χ3n) is 1.41. The van der Waals surface area contributed by atoms with E-state index in [4.69, 9.17) is 10.2 Å². The highest BCUT2D eigenvalue weighted by Crippen LogP contribution is 2.18. The number of rotatable bonds is 0. The van der Waals surface area contributed by atoms with Crippen molar-refractivity contribution in [3.05, 3.63) is 0 Å². The van der Waals surface area contributed by atoms with Crippen molar-refractivity contribution in [1.82, 2.24) is 0 Å². The molecule has 0 aliphatic carbocycles. The largest absolute Gasteiger partial charge is 0.433 e. The monoisotopic (exact) mass is 132 g/mol. The molecule has 3 unspecified atom stereocenters. The molecule has 52 valence electrons. The molecule has 0 saturated carbocycles. The highest BCUT2D eigenvalue weighted by Gasteiger charge is 2.39. The van der Waals surface area contributed by atoms with E-state index < -0.39 is 24.3 Å². The van der Waals surface area contributed by atoms with Gasteiger partial charge in [-0.05, 0) is 6.92 Å². The van der Waals surface area contributed by atoms with Crippen molar-refractivity contribution in [2.45, 2.75) is 19.3 Å². The van der Waals surface area contributed by atoms with Gasteiger partial charge >= 0.3 is 5.97 Å². The van der Waals surface area contributed by atoms with Crippen LogP contribution < -0.4 is 0 Å². The number of ether oxygens (including phenoxy) is 1. The van der Waals surface area contributed by atoms with Gasteiger partial charge in [0.25, 0.3) is 0 Å². The fraction of sp³-hybridized carbons (Fsp3) is 0.800. The normalized spacial score (nSPS) is 43.0. The van der Waals surface area contributed by atoms with E-state index in [9.17, 15) is 4.79 Å². The molecule has 1 aliphatic rings. The molecular formula is C5H8O4. The summed E-state index contributed by atoms with van der Waals surface area (Å²) in [5.41, 5.74) is 0. The van der Waals surface area contributed by atoms with E-state index in [2.05, 4.69) is 4.74 Å². The molecule has 1 rings (SSSR count). The van der Waals surface area contributed by atoms with Gasteiger partial charge in [0.05, 0.1) is 5.92 Å². The van der Waals surface area contributed by atoms with E-state index in [1.807, 2.05) is 0 Å². The average molecular weight is 132 g/mol. The zero-order valence-electron chi connectivity index (χ0n) is 4.94. The maximum atomic E-state index is 10.5. The summed E-state index contributed by atoms with van der Waals surface area (Å²) in [7, 11) is 0. The molecular weight excluding hydrogens is 124 g/mol. The number of hydrogen-bond donors (Lipinski definition) is 2.